The van der Waals surface area contributed by atoms with Crippen LogP contribution >= 0.6 is 0 Å². The zero-order valence-electron chi connectivity index (χ0n) is 10.8. The molecule has 0 aliphatic heterocycles. The Kier molecular flexibility index (Phi) is 3.71. The van der Waals surface area contributed by atoms with Crippen LogP contribution in [-0.2, 0) is 0 Å². The number of anilines is 1. The molecule has 2 aromatic rings. The Morgan fingerprint density at radius 2 is 1.84 bits per heavy atom. The summed E-state index contributed by atoms with van der Waals surface area (Å²) in [6, 6.07) is 12.0. The van der Waals surface area contributed by atoms with Gasteiger partial charge in [0.05, 0.1) is 7.11 Å². The number of ether oxygens (including phenoxy) is 1. The van der Waals surface area contributed by atoms with Crippen molar-refractivity contribution in [2.75, 3.05) is 12.4 Å². The molecule has 4 heteroatoms. The maximum absolute atomic E-state index is 12.0. The number of phenols is 1. The van der Waals surface area contributed by atoms with Crippen LogP contribution in [0.1, 0.15) is 15.9 Å². The predicted octanol–water partition coefficient (Wildman–Crippen LogP) is 2.96. The van der Waals surface area contributed by atoms with Gasteiger partial charge in [-0.15, -0.1) is 0 Å². The Labute approximate surface area is 111 Å². The molecule has 0 unspecified atom stereocenters. The summed E-state index contributed by atoms with van der Waals surface area (Å²) in [7, 11) is 1.47. The molecule has 0 saturated carbocycles. The van der Waals surface area contributed by atoms with Crippen molar-refractivity contribution in [1.82, 2.24) is 0 Å². The fourth-order valence-corrected chi connectivity index (χ4v) is 1.68. The van der Waals surface area contributed by atoms with E-state index in [1.54, 1.807) is 24.3 Å². The van der Waals surface area contributed by atoms with Gasteiger partial charge in [0.1, 0.15) is 0 Å². The first-order valence-electron chi connectivity index (χ1n) is 5.85. The maximum Gasteiger partial charge on any atom is 0.255 e. The third kappa shape index (κ3) is 3.04. The molecule has 19 heavy (non-hydrogen) atoms. The highest BCUT2D eigenvalue weighted by molar-refractivity contribution is 6.04. The highest BCUT2D eigenvalue weighted by Crippen LogP contribution is 2.28. The Morgan fingerprint density at radius 3 is 2.42 bits per heavy atom. The van der Waals surface area contributed by atoms with Gasteiger partial charge in [-0.2, -0.15) is 0 Å². The molecule has 98 valence electrons. The van der Waals surface area contributed by atoms with Crippen molar-refractivity contribution in [1.29, 1.82) is 0 Å². The normalized spacial score (nSPS) is 10.0. The lowest BCUT2D eigenvalue weighted by atomic mass is 10.1. The van der Waals surface area contributed by atoms with Gasteiger partial charge in [0.15, 0.2) is 11.5 Å². The highest BCUT2D eigenvalue weighted by atomic mass is 16.5. The molecule has 1 amide bonds. The first-order valence-corrected chi connectivity index (χ1v) is 5.85. The van der Waals surface area contributed by atoms with Crippen molar-refractivity contribution in [3.63, 3.8) is 0 Å². The summed E-state index contributed by atoms with van der Waals surface area (Å²) in [5, 5.41) is 12.4. The third-order valence-corrected chi connectivity index (χ3v) is 2.75. The molecule has 0 aliphatic rings. The number of carbonyl (C=O) groups excluding carboxylic acids is 1. The number of benzene rings is 2. The first kappa shape index (κ1) is 13.0. The molecule has 2 N–H and O–H groups in total. The van der Waals surface area contributed by atoms with Crippen LogP contribution in [0.3, 0.4) is 0 Å². The van der Waals surface area contributed by atoms with E-state index in [1.807, 2.05) is 19.1 Å². The topological polar surface area (TPSA) is 58.6 Å². The number of nitrogens with one attached hydrogen (secondary N) is 1. The lowest BCUT2D eigenvalue weighted by Crippen LogP contribution is -2.11. The van der Waals surface area contributed by atoms with Crippen LogP contribution in [0.15, 0.2) is 42.5 Å². The molecule has 0 aromatic heterocycles. The number of phenolic OH excluding ortho intramolecular Hbond substituents is 1. The Balaban J connectivity index is 2.14. The summed E-state index contributed by atoms with van der Waals surface area (Å²) < 4.78 is 4.94. The van der Waals surface area contributed by atoms with Crippen molar-refractivity contribution in [2.24, 2.45) is 0 Å². The maximum atomic E-state index is 12.0. The molecule has 0 fully saturated rings. The van der Waals surface area contributed by atoms with Gasteiger partial charge in [0.2, 0.25) is 0 Å². The molecule has 0 bridgehead atoms. The number of amides is 1. The summed E-state index contributed by atoms with van der Waals surface area (Å²) in [5.74, 6) is 0.141. The smallest absolute Gasteiger partial charge is 0.255 e. The summed E-state index contributed by atoms with van der Waals surface area (Å²) in [5.41, 5.74) is 2.18. The second-order valence-electron chi connectivity index (χ2n) is 4.21. The van der Waals surface area contributed by atoms with E-state index in [0.717, 1.165) is 5.56 Å². The van der Waals surface area contributed by atoms with E-state index in [2.05, 4.69) is 5.32 Å². The number of hydrogen-bond acceptors (Lipinski definition) is 3. The lowest BCUT2D eigenvalue weighted by Gasteiger charge is -2.08. The molecule has 0 radical (unpaired) electrons. The van der Waals surface area contributed by atoms with Crippen LogP contribution in [0, 0.1) is 6.92 Å². The zero-order valence-corrected chi connectivity index (χ0v) is 10.8. The van der Waals surface area contributed by atoms with E-state index in [1.165, 1.54) is 13.2 Å². The Morgan fingerprint density at radius 1 is 1.16 bits per heavy atom. The average molecular weight is 257 g/mol. The molecular weight excluding hydrogens is 242 g/mol. The van der Waals surface area contributed by atoms with Gasteiger partial charge in [-0.3, -0.25) is 4.79 Å². The number of rotatable bonds is 3. The summed E-state index contributed by atoms with van der Waals surface area (Å²) in [4.78, 5) is 12.0. The minimum absolute atomic E-state index is 0.00999. The van der Waals surface area contributed by atoms with E-state index in [0.29, 0.717) is 17.0 Å². The van der Waals surface area contributed by atoms with Crippen molar-refractivity contribution < 1.29 is 14.6 Å². The van der Waals surface area contributed by atoms with Gasteiger partial charge in [0.25, 0.3) is 5.91 Å². The van der Waals surface area contributed by atoms with Crippen LogP contribution in [0.25, 0.3) is 0 Å². The monoisotopic (exact) mass is 257 g/mol. The van der Waals surface area contributed by atoms with E-state index < -0.39 is 0 Å². The Hall–Kier alpha value is -2.49. The largest absolute Gasteiger partial charge is 0.504 e. The minimum Gasteiger partial charge on any atom is -0.504 e. The van der Waals surface area contributed by atoms with Crippen LogP contribution in [0.2, 0.25) is 0 Å². The first-order chi connectivity index (χ1) is 9.10. The molecule has 0 saturated heterocycles. The number of methoxy groups -OCH3 is 1. The van der Waals surface area contributed by atoms with Crippen molar-refractivity contribution in [3.8, 4) is 11.5 Å². The zero-order chi connectivity index (χ0) is 13.8. The predicted molar refractivity (Wildman–Crippen MR) is 73.8 cm³/mol. The molecule has 0 aliphatic carbocycles. The number of hydrogen-bond donors (Lipinski definition) is 2. The van der Waals surface area contributed by atoms with Crippen LogP contribution in [0.4, 0.5) is 5.69 Å². The van der Waals surface area contributed by atoms with Crippen molar-refractivity contribution >= 4 is 11.6 Å². The van der Waals surface area contributed by atoms with E-state index in [4.69, 9.17) is 4.74 Å². The van der Waals surface area contributed by atoms with Gasteiger partial charge in [-0.1, -0.05) is 17.7 Å². The summed E-state index contributed by atoms with van der Waals surface area (Å²) >= 11 is 0. The lowest BCUT2D eigenvalue weighted by molar-refractivity contribution is 0.102. The average Bonchev–Trinajstić information content (AvgIpc) is 2.39. The Bertz CT molecular complexity index is 591. The van der Waals surface area contributed by atoms with Gasteiger partial charge in [0, 0.05) is 17.3 Å². The molecule has 0 heterocycles. The van der Waals surface area contributed by atoms with Crippen LogP contribution < -0.4 is 10.1 Å². The van der Waals surface area contributed by atoms with Crippen molar-refractivity contribution in [2.45, 2.75) is 6.92 Å². The number of carbonyl (C=O) groups is 1. The van der Waals surface area contributed by atoms with E-state index >= 15 is 0 Å². The van der Waals surface area contributed by atoms with Crippen LogP contribution in [0.5, 0.6) is 11.5 Å². The van der Waals surface area contributed by atoms with E-state index in [9.17, 15) is 9.90 Å². The fraction of sp³-hybridized carbons (Fsp3) is 0.133. The molecule has 0 atom stereocenters. The molecule has 2 rings (SSSR count). The van der Waals surface area contributed by atoms with Gasteiger partial charge >= 0.3 is 0 Å². The van der Waals surface area contributed by atoms with Gasteiger partial charge < -0.3 is 15.2 Å². The second kappa shape index (κ2) is 5.44. The molecule has 2 aromatic carbocycles. The van der Waals surface area contributed by atoms with Gasteiger partial charge in [-0.25, -0.2) is 0 Å². The highest BCUT2D eigenvalue weighted by Gasteiger charge is 2.08. The van der Waals surface area contributed by atoms with Crippen LogP contribution in [-0.4, -0.2) is 18.1 Å². The number of aromatic hydroxyl groups is 1. The quantitative estimate of drug-likeness (QED) is 0.888. The molecule has 0 spiro atoms. The SMILES string of the molecule is COc1ccc(NC(=O)c2ccc(C)cc2)cc1O. The summed E-state index contributed by atoms with van der Waals surface area (Å²) in [6.45, 7) is 1.96. The summed E-state index contributed by atoms with van der Waals surface area (Å²) in [6.07, 6.45) is 0. The van der Waals surface area contributed by atoms with Gasteiger partial charge in [-0.05, 0) is 31.2 Å². The standard InChI is InChI=1S/C15H15NO3/c1-10-3-5-11(6-4-10)15(18)16-12-7-8-14(19-2)13(17)9-12/h3-9,17H,1-2H3,(H,16,18). The second-order valence-corrected chi connectivity index (χ2v) is 4.21. The minimum atomic E-state index is -0.218. The van der Waals surface area contributed by atoms with E-state index in [-0.39, 0.29) is 11.7 Å². The third-order valence-electron chi connectivity index (χ3n) is 2.75. The molecule has 4 nitrogen and oxygen atoms in total. The number of aryl methyl sites for hydroxylation is 1. The fourth-order valence-electron chi connectivity index (χ4n) is 1.68. The molecular formula is C15H15NO3. The van der Waals surface area contributed by atoms with Crippen molar-refractivity contribution in [3.05, 3.63) is 53.6 Å².